The second kappa shape index (κ2) is 5.36. The van der Waals surface area contributed by atoms with Crippen LogP contribution in [0.1, 0.15) is 22.8 Å². The molecule has 0 bridgehead atoms. The molecule has 0 radical (unpaired) electrons. The maximum atomic E-state index is 13.8. The van der Waals surface area contributed by atoms with Crippen LogP contribution >= 0.6 is 0 Å². The van der Waals surface area contributed by atoms with E-state index in [1.165, 1.54) is 37.4 Å². The number of hydrogen-bond acceptors (Lipinski definition) is 2. The van der Waals surface area contributed by atoms with Gasteiger partial charge in [-0.15, -0.1) is 0 Å². The zero-order chi connectivity index (χ0) is 14.0. The quantitative estimate of drug-likeness (QED) is 0.921. The van der Waals surface area contributed by atoms with E-state index in [2.05, 4.69) is 0 Å². The Hall–Kier alpha value is -1.94. The molecule has 0 aliphatic carbocycles. The molecule has 4 heteroatoms. The van der Waals surface area contributed by atoms with Crippen LogP contribution in [0.2, 0.25) is 0 Å². The lowest BCUT2D eigenvalue weighted by atomic mass is 9.98. The molecule has 2 nitrogen and oxygen atoms in total. The predicted molar refractivity (Wildman–Crippen MR) is 68.2 cm³/mol. The molecule has 0 aromatic heterocycles. The molecule has 1 atom stereocenters. The van der Waals surface area contributed by atoms with Crippen molar-refractivity contribution < 1.29 is 18.6 Å². The predicted octanol–water partition coefficient (Wildman–Crippen LogP) is 3.36. The first-order valence-corrected chi connectivity index (χ1v) is 5.81. The van der Waals surface area contributed by atoms with E-state index in [9.17, 15) is 13.9 Å². The highest BCUT2D eigenvalue weighted by atomic mass is 19.1. The van der Waals surface area contributed by atoms with Crippen LogP contribution in [0.15, 0.2) is 36.4 Å². The van der Waals surface area contributed by atoms with Gasteiger partial charge in [-0.3, -0.25) is 0 Å². The van der Waals surface area contributed by atoms with E-state index in [0.29, 0.717) is 11.1 Å². The third-order valence-corrected chi connectivity index (χ3v) is 3.00. The number of aliphatic hydroxyl groups excluding tert-OH is 1. The number of ether oxygens (including phenoxy) is 1. The van der Waals surface area contributed by atoms with E-state index < -0.39 is 11.9 Å². The molecule has 0 amide bonds. The standard InChI is InChI=1S/C15H14F2O2/c1-9-8-10(6-7-11(9)16)15(18)14-12(17)4-3-5-13(14)19-2/h3-8,15,18H,1-2H3. The van der Waals surface area contributed by atoms with Crippen molar-refractivity contribution in [3.05, 3.63) is 64.7 Å². The average molecular weight is 264 g/mol. The molecule has 2 aromatic carbocycles. The fraction of sp³-hybridized carbons (Fsp3) is 0.200. The molecule has 100 valence electrons. The van der Waals surface area contributed by atoms with Crippen molar-refractivity contribution in [1.29, 1.82) is 0 Å². The van der Waals surface area contributed by atoms with Crippen LogP contribution in [0, 0.1) is 18.6 Å². The Bertz CT molecular complexity index is 597. The van der Waals surface area contributed by atoms with Crippen LogP contribution in [0.4, 0.5) is 8.78 Å². The van der Waals surface area contributed by atoms with Gasteiger partial charge in [-0.25, -0.2) is 8.78 Å². The van der Waals surface area contributed by atoms with Crippen LogP contribution < -0.4 is 4.74 Å². The number of aryl methyl sites for hydroxylation is 1. The minimum atomic E-state index is -1.20. The van der Waals surface area contributed by atoms with E-state index >= 15 is 0 Å². The highest BCUT2D eigenvalue weighted by molar-refractivity contribution is 5.42. The van der Waals surface area contributed by atoms with E-state index in [1.807, 2.05) is 0 Å². The van der Waals surface area contributed by atoms with Gasteiger partial charge in [0.15, 0.2) is 0 Å². The van der Waals surface area contributed by atoms with Gasteiger partial charge in [0.05, 0.1) is 12.7 Å². The zero-order valence-electron chi connectivity index (χ0n) is 10.7. The van der Waals surface area contributed by atoms with Crippen molar-refractivity contribution in [3.8, 4) is 5.75 Å². The summed E-state index contributed by atoms with van der Waals surface area (Å²) >= 11 is 0. The second-order valence-electron chi connectivity index (χ2n) is 4.27. The van der Waals surface area contributed by atoms with Crippen molar-refractivity contribution >= 4 is 0 Å². The van der Waals surface area contributed by atoms with Gasteiger partial charge in [0.1, 0.15) is 23.5 Å². The topological polar surface area (TPSA) is 29.5 Å². The van der Waals surface area contributed by atoms with Crippen molar-refractivity contribution in [2.45, 2.75) is 13.0 Å². The molecule has 0 aliphatic rings. The largest absolute Gasteiger partial charge is 0.496 e. The summed E-state index contributed by atoms with van der Waals surface area (Å²) in [7, 11) is 1.40. The first-order chi connectivity index (χ1) is 9.04. The molecule has 2 rings (SSSR count). The third-order valence-electron chi connectivity index (χ3n) is 3.00. The number of hydrogen-bond donors (Lipinski definition) is 1. The summed E-state index contributed by atoms with van der Waals surface area (Å²) in [6.07, 6.45) is -1.20. The Balaban J connectivity index is 2.49. The van der Waals surface area contributed by atoms with Crippen molar-refractivity contribution in [1.82, 2.24) is 0 Å². The molecule has 2 aromatic rings. The van der Waals surface area contributed by atoms with E-state index in [1.54, 1.807) is 13.0 Å². The smallest absolute Gasteiger partial charge is 0.133 e. The number of methoxy groups -OCH3 is 1. The lowest BCUT2D eigenvalue weighted by Gasteiger charge is -2.16. The van der Waals surface area contributed by atoms with Crippen molar-refractivity contribution in [2.75, 3.05) is 7.11 Å². The van der Waals surface area contributed by atoms with E-state index in [0.717, 1.165) is 0 Å². The van der Waals surface area contributed by atoms with Crippen molar-refractivity contribution in [2.24, 2.45) is 0 Å². The number of aliphatic hydroxyl groups is 1. The number of benzene rings is 2. The number of rotatable bonds is 3. The highest BCUT2D eigenvalue weighted by Crippen LogP contribution is 2.32. The molecule has 1 unspecified atom stereocenters. The normalized spacial score (nSPS) is 12.3. The molecule has 19 heavy (non-hydrogen) atoms. The molecule has 0 spiro atoms. The van der Waals surface area contributed by atoms with Gasteiger partial charge in [0.25, 0.3) is 0 Å². The van der Waals surface area contributed by atoms with Gasteiger partial charge >= 0.3 is 0 Å². The molecule has 0 saturated heterocycles. The summed E-state index contributed by atoms with van der Waals surface area (Å²) in [5.41, 5.74) is 0.866. The third kappa shape index (κ3) is 2.58. The Morgan fingerprint density at radius 3 is 2.47 bits per heavy atom. The van der Waals surface area contributed by atoms with Gasteiger partial charge in [0.2, 0.25) is 0 Å². The summed E-state index contributed by atoms with van der Waals surface area (Å²) in [6.45, 7) is 1.59. The zero-order valence-corrected chi connectivity index (χ0v) is 10.7. The summed E-state index contributed by atoms with van der Waals surface area (Å²) in [5, 5.41) is 10.3. The van der Waals surface area contributed by atoms with E-state index in [4.69, 9.17) is 4.74 Å². The monoisotopic (exact) mass is 264 g/mol. The molecular weight excluding hydrogens is 250 g/mol. The molecule has 1 N–H and O–H groups in total. The summed E-state index contributed by atoms with van der Waals surface area (Å²) < 4.78 is 32.1. The minimum absolute atomic E-state index is 0.0519. The Morgan fingerprint density at radius 2 is 1.84 bits per heavy atom. The summed E-state index contributed by atoms with van der Waals surface area (Å²) in [4.78, 5) is 0. The first kappa shape index (κ1) is 13.5. The Morgan fingerprint density at radius 1 is 1.11 bits per heavy atom. The lowest BCUT2D eigenvalue weighted by molar-refractivity contribution is 0.208. The van der Waals surface area contributed by atoms with E-state index in [-0.39, 0.29) is 17.1 Å². The van der Waals surface area contributed by atoms with Gasteiger partial charge in [-0.2, -0.15) is 0 Å². The maximum absolute atomic E-state index is 13.8. The van der Waals surface area contributed by atoms with Crippen LogP contribution in [-0.4, -0.2) is 12.2 Å². The fourth-order valence-electron chi connectivity index (χ4n) is 1.97. The van der Waals surface area contributed by atoms with Gasteiger partial charge in [-0.05, 0) is 36.2 Å². The van der Waals surface area contributed by atoms with Crippen LogP contribution in [0.5, 0.6) is 5.75 Å². The molecule has 0 saturated carbocycles. The second-order valence-corrected chi connectivity index (χ2v) is 4.27. The highest BCUT2D eigenvalue weighted by Gasteiger charge is 2.20. The molecule has 0 aliphatic heterocycles. The van der Waals surface area contributed by atoms with Crippen molar-refractivity contribution in [3.63, 3.8) is 0 Å². The number of halogens is 2. The van der Waals surface area contributed by atoms with Crippen LogP contribution in [0.25, 0.3) is 0 Å². The summed E-state index contributed by atoms with van der Waals surface area (Å²) in [5.74, 6) is -0.667. The van der Waals surface area contributed by atoms with Gasteiger partial charge in [-0.1, -0.05) is 18.2 Å². The fourth-order valence-corrected chi connectivity index (χ4v) is 1.97. The molecule has 0 heterocycles. The van der Waals surface area contributed by atoms with Gasteiger partial charge in [0, 0.05) is 0 Å². The average Bonchev–Trinajstić information content (AvgIpc) is 2.40. The minimum Gasteiger partial charge on any atom is -0.496 e. The lowest BCUT2D eigenvalue weighted by Crippen LogP contribution is -2.06. The first-order valence-electron chi connectivity index (χ1n) is 5.81. The van der Waals surface area contributed by atoms with Gasteiger partial charge < -0.3 is 9.84 Å². The van der Waals surface area contributed by atoms with Crippen LogP contribution in [-0.2, 0) is 0 Å². The maximum Gasteiger partial charge on any atom is 0.133 e. The Labute approximate surface area is 110 Å². The summed E-state index contributed by atoms with van der Waals surface area (Å²) in [6, 6.07) is 8.49. The SMILES string of the molecule is COc1cccc(F)c1C(O)c1ccc(F)c(C)c1. The molecule has 0 fully saturated rings. The van der Waals surface area contributed by atoms with Crippen LogP contribution in [0.3, 0.4) is 0 Å². The molecular formula is C15H14F2O2. The Kier molecular flexibility index (Phi) is 3.81.